The van der Waals surface area contributed by atoms with Crippen molar-refractivity contribution in [2.45, 2.75) is 40.7 Å². The van der Waals surface area contributed by atoms with E-state index in [1.54, 1.807) is 0 Å². The Morgan fingerprint density at radius 3 is 2.45 bits per heavy atom. The number of aryl methyl sites for hydroxylation is 2. The summed E-state index contributed by atoms with van der Waals surface area (Å²) in [6.45, 7) is 11.4. The molecule has 0 radical (unpaired) electrons. The van der Waals surface area contributed by atoms with Crippen molar-refractivity contribution >= 4 is 28.3 Å². The number of likely N-dealkylation sites (tertiary alicyclic amines) is 1. The van der Waals surface area contributed by atoms with E-state index < -0.39 is 0 Å². The van der Waals surface area contributed by atoms with Gasteiger partial charge in [-0.1, -0.05) is 31.0 Å². The molecule has 156 valence electrons. The first-order chi connectivity index (χ1) is 13.8. The summed E-state index contributed by atoms with van der Waals surface area (Å²) in [5.74, 6) is 0.888. The molecule has 1 saturated heterocycles. The minimum atomic E-state index is -0.274. The second-order valence-electron chi connectivity index (χ2n) is 8.39. The molecule has 7 heteroatoms. The minimum absolute atomic E-state index is 0.0815. The molecule has 0 unspecified atom stereocenters. The zero-order valence-electron chi connectivity index (χ0n) is 17.6. The van der Waals surface area contributed by atoms with Crippen molar-refractivity contribution in [1.82, 2.24) is 15.2 Å². The molecule has 2 aromatic rings. The standard InChI is InChI=1S/C22H30N4O2S/c1-14-5-15(2)8-18(7-14)21(28)23-9-20(27)25-22-24-19(13-29-22)12-26-10-16(3)6-17(4)11-26/h5,7-8,13,16-17H,6,9-12H2,1-4H3,(H,23,28)(H,24,25,27)/t16-,17-/m1/s1. The Balaban J connectivity index is 1.48. The fourth-order valence-corrected chi connectivity index (χ4v) is 4.84. The number of aromatic nitrogens is 1. The van der Waals surface area contributed by atoms with E-state index in [0.29, 0.717) is 22.5 Å². The molecule has 2 amide bonds. The van der Waals surface area contributed by atoms with Gasteiger partial charge in [-0.2, -0.15) is 0 Å². The highest BCUT2D eigenvalue weighted by Crippen LogP contribution is 2.23. The van der Waals surface area contributed by atoms with Gasteiger partial charge in [-0.05, 0) is 44.2 Å². The molecule has 2 N–H and O–H groups in total. The smallest absolute Gasteiger partial charge is 0.251 e. The Bertz CT molecular complexity index is 849. The highest BCUT2D eigenvalue weighted by molar-refractivity contribution is 7.13. The molecule has 1 aliphatic heterocycles. The van der Waals surface area contributed by atoms with Gasteiger partial charge in [0.2, 0.25) is 5.91 Å². The maximum Gasteiger partial charge on any atom is 0.251 e. The zero-order valence-corrected chi connectivity index (χ0v) is 18.4. The van der Waals surface area contributed by atoms with Crippen LogP contribution in [0, 0.1) is 25.7 Å². The number of hydrogen-bond donors (Lipinski definition) is 2. The van der Waals surface area contributed by atoms with Gasteiger partial charge in [-0.25, -0.2) is 4.98 Å². The van der Waals surface area contributed by atoms with Crippen molar-refractivity contribution in [2.24, 2.45) is 11.8 Å². The highest BCUT2D eigenvalue weighted by Gasteiger charge is 2.22. The van der Waals surface area contributed by atoms with Crippen molar-refractivity contribution < 1.29 is 9.59 Å². The van der Waals surface area contributed by atoms with Crippen LogP contribution >= 0.6 is 11.3 Å². The molecule has 1 aromatic heterocycles. The Kier molecular flexibility index (Phi) is 7.03. The second-order valence-corrected chi connectivity index (χ2v) is 9.25. The van der Waals surface area contributed by atoms with Crippen molar-refractivity contribution in [3.8, 4) is 0 Å². The third-order valence-corrected chi connectivity index (χ3v) is 5.83. The predicted octanol–water partition coefficient (Wildman–Crippen LogP) is 3.61. The molecule has 0 saturated carbocycles. The van der Waals surface area contributed by atoms with Crippen molar-refractivity contribution in [1.29, 1.82) is 0 Å². The van der Waals surface area contributed by atoms with E-state index in [2.05, 4.69) is 34.4 Å². The summed E-state index contributed by atoms with van der Waals surface area (Å²) in [7, 11) is 0. The molecule has 6 nitrogen and oxygen atoms in total. The lowest BCUT2D eigenvalue weighted by Gasteiger charge is -2.34. The quantitative estimate of drug-likeness (QED) is 0.757. The summed E-state index contributed by atoms with van der Waals surface area (Å²) in [6.07, 6.45) is 1.28. The molecule has 0 aliphatic carbocycles. The number of carbonyl (C=O) groups is 2. The number of thiazole rings is 1. The number of carbonyl (C=O) groups excluding carboxylic acids is 2. The maximum absolute atomic E-state index is 12.3. The molecule has 0 spiro atoms. The summed E-state index contributed by atoms with van der Waals surface area (Å²) in [5.41, 5.74) is 3.59. The van der Waals surface area contributed by atoms with E-state index >= 15 is 0 Å². The van der Waals surface area contributed by atoms with Gasteiger partial charge < -0.3 is 10.6 Å². The van der Waals surface area contributed by atoms with Gasteiger partial charge in [-0.3, -0.25) is 14.5 Å². The van der Waals surface area contributed by atoms with Gasteiger partial charge in [0, 0.05) is 30.6 Å². The first-order valence-corrected chi connectivity index (χ1v) is 11.0. The van der Waals surface area contributed by atoms with Gasteiger partial charge >= 0.3 is 0 Å². The van der Waals surface area contributed by atoms with Crippen LogP contribution in [-0.2, 0) is 11.3 Å². The first kappa shape index (κ1) is 21.5. The molecule has 1 fully saturated rings. The van der Waals surface area contributed by atoms with Gasteiger partial charge in [0.15, 0.2) is 5.13 Å². The van der Waals surface area contributed by atoms with E-state index in [-0.39, 0.29) is 18.4 Å². The molecular formula is C22H30N4O2S. The van der Waals surface area contributed by atoms with Gasteiger partial charge in [0.05, 0.1) is 12.2 Å². The molecule has 2 atom stereocenters. The third-order valence-electron chi connectivity index (χ3n) is 5.02. The molecule has 1 aromatic carbocycles. The number of piperidine rings is 1. The lowest BCUT2D eigenvalue weighted by atomic mass is 9.92. The predicted molar refractivity (Wildman–Crippen MR) is 117 cm³/mol. The van der Waals surface area contributed by atoms with Crippen LogP contribution in [0.3, 0.4) is 0 Å². The van der Waals surface area contributed by atoms with Crippen LogP contribution in [-0.4, -0.2) is 41.3 Å². The lowest BCUT2D eigenvalue weighted by molar-refractivity contribution is -0.115. The zero-order chi connectivity index (χ0) is 21.0. The number of nitrogens with zero attached hydrogens (tertiary/aromatic N) is 2. The maximum atomic E-state index is 12.3. The largest absolute Gasteiger partial charge is 0.343 e. The number of amides is 2. The topological polar surface area (TPSA) is 74.3 Å². The Hall–Kier alpha value is -2.25. The number of hydrogen-bond acceptors (Lipinski definition) is 5. The average molecular weight is 415 g/mol. The van der Waals surface area contributed by atoms with Crippen LogP contribution in [0.5, 0.6) is 0 Å². The Morgan fingerprint density at radius 2 is 1.79 bits per heavy atom. The van der Waals surface area contributed by atoms with E-state index in [1.165, 1.54) is 17.8 Å². The van der Waals surface area contributed by atoms with Crippen molar-refractivity contribution in [3.63, 3.8) is 0 Å². The van der Waals surface area contributed by atoms with Gasteiger partial charge in [0.25, 0.3) is 5.91 Å². The number of nitrogens with one attached hydrogen (secondary N) is 2. The minimum Gasteiger partial charge on any atom is -0.343 e. The number of benzene rings is 1. The summed E-state index contributed by atoms with van der Waals surface area (Å²) < 4.78 is 0. The molecule has 0 bridgehead atoms. The lowest BCUT2D eigenvalue weighted by Crippen LogP contribution is -2.38. The van der Waals surface area contributed by atoms with E-state index in [4.69, 9.17) is 0 Å². The summed E-state index contributed by atoms with van der Waals surface area (Å²) >= 11 is 1.42. The summed E-state index contributed by atoms with van der Waals surface area (Å²) in [5, 5.41) is 8.02. The fraction of sp³-hybridized carbons (Fsp3) is 0.500. The second kappa shape index (κ2) is 9.50. The average Bonchev–Trinajstić information content (AvgIpc) is 3.04. The Labute approximate surface area is 176 Å². The first-order valence-electron chi connectivity index (χ1n) is 10.1. The molecule has 3 rings (SSSR count). The third kappa shape index (κ3) is 6.37. The Morgan fingerprint density at radius 1 is 1.14 bits per heavy atom. The monoisotopic (exact) mass is 414 g/mol. The van der Waals surface area contributed by atoms with Gasteiger partial charge in [0.1, 0.15) is 0 Å². The van der Waals surface area contributed by atoms with Crippen LogP contribution in [0.2, 0.25) is 0 Å². The molecular weight excluding hydrogens is 384 g/mol. The van der Waals surface area contributed by atoms with Crippen LogP contribution in [0.15, 0.2) is 23.6 Å². The number of anilines is 1. The summed E-state index contributed by atoms with van der Waals surface area (Å²) in [4.78, 5) is 31.4. The number of rotatable bonds is 6. The van der Waals surface area contributed by atoms with E-state index in [0.717, 1.165) is 36.5 Å². The van der Waals surface area contributed by atoms with Crippen LogP contribution in [0.4, 0.5) is 5.13 Å². The van der Waals surface area contributed by atoms with E-state index in [1.807, 2.05) is 37.4 Å². The fourth-order valence-electron chi connectivity index (χ4n) is 4.12. The van der Waals surface area contributed by atoms with Crippen LogP contribution in [0.1, 0.15) is 47.4 Å². The van der Waals surface area contributed by atoms with Crippen LogP contribution < -0.4 is 10.6 Å². The van der Waals surface area contributed by atoms with Crippen LogP contribution in [0.25, 0.3) is 0 Å². The molecule has 2 heterocycles. The molecule has 1 aliphatic rings. The summed E-state index contributed by atoms with van der Waals surface area (Å²) in [6, 6.07) is 5.64. The van der Waals surface area contributed by atoms with Crippen molar-refractivity contribution in [3.05, 3.63) is 46.0 Å². The highest BCUT2D eigenvalue weighted by atomic mass is 32.1. The molecule has 29 heavy (non-hydrogen) atoms. The van der Waals surface area contributed by atoms with E-state index in [9.17, 15) is 9.59 Å². The van der Waals surface area contributed by atoms with Crippen molar-refractivity contribution in [2.75, 3.05) is 25.0 Å². The normalized spacial score (nSPS) is 19.7. The SMILES string of the molecule is Cc1cc(C)cc(C(=O)NCC(=O)Nc2nc(CN3C[C@H](C)C[C@@H](C)C3)cs2)c1. The van der Waals surface area contributed by atoms with Gasteiger partial charge in [-0.15, -0.1) is 11.3 Å².